The summed E-state index contributed by atoms with van der Waals surface area (Å²) in [5.41, 5.74) is 1.16. The third kappa shape index (κ3) is 3.76. The molecule has 1 N–H and O–H groups in total. The van der Waals surface area contributed by atoms with Crippen LogP contribution in [-0.4, -0.2) is 45.0 Å². The molecule has 6 heteroatoms. The molecule has 0 atom stereocenters. The van der Waals surface area contributed by atoms with Crippen LogP contribution in [-0.2, 0) is 0 Å². The second-order valence-electron chi connectivity index (χ2n) is 5.58. The monoisotopic (exact) mass is 317 g/mol. The number of aryl methyl sites for hydroxylation is 1. The minimum Gasteiger partial charge on any atom is -0.396 e. The van der Waals surface area contributed by atoms with Gasteiger partial charge < -0.3 is 10.0 Å². The van der Waals surface area contributed by atoms with Crippen LogP contribution in [0, 0.1) is 6.92 Å². The SMILES string of the molecule is CCCCN(CCCO)C(=O)c1cnc2c(C)cccn2c1=O. The van der Waals surface area contributed by atoms with Crippen LogP contribution in [0.2, 0.25) is 0 Å². The molecule has 0 fully saturated rings. The highest BCUT2D eigenvalue weighted by atomic mass is 16.3. The summed E-state index contributed by atoms with van der Waals surface area (Å²) in [6.45, 7) is 4.95. The molecule has 2 heterocycles. The maximum absolute atomic E-state index is 12.7. The van der Waals surface area contributed by atoms with Crippen molar-refractivity contribution < 1.29 is 9.90 Å². The Labute approximate surface area is 135 Å². The predicted molar refractivity (Wildman–Crippen MR) is 88.7 cm³/mol. The van der Waals surface area contributed by atoms with Gasteiger partial charge in [-0.2, -0.15) is 0 Å². The molecule has 0 bridgehead atoms. The molecule has 0 aromatic carbocycles. The lowest BCUT2D eigenvalue weighted by Crippen LogP contribution is -2.37. The number of nitrogens with zero attached hydrogens (tertiary/aromatic N) is 3. The van der Waals surface area contributed by atoms with Crippen molar-refractivity contribution in [3.63, 3.8) is 0 Å². The third-order valence-electron chi connectivity index (χ3n) is 3.81. The highest BCUT2D eigenvalue weighted by molar-refractivity contribution is 5.93. The number of unbranched alkanes of at least 4 members (excludes halogenated alkanes) is 1. The Hall–Kier alpha value is -2.21. The van der Waals surface area contributed by atoms with Crippen molar-refractivity contribution in [3.05, 3.63) is 46.0 Å². The average Bonchev–Trinajstić information content (AvgIpc) is 2.55. The molecule has 0 unspecified atom stereocenters. The van der Waals surface area contributed by atoms with Crippen LogP contribution in [0.1, 0.15) is 42.1 Å². The van der Waals surface area contributed by atoms with Crippen molar-refractivity contribution in [3.8, 4) is 0 Å². The molecule has 0 radical (unpaired) electrons. The van der Waals surface area contributed by atoms with Gasteiger partial charge in [-0.05, 0) is 31.4 Å². The van der Waals surface area contributed by atoms with Gasteiger partial charge in [0.05, 0.1) is 0 Å². The largest absolute Gasteiger partial charge is 0.396 e. The number of amides is 1. The number of aliphatic hydroxyl groups excluding tert-OH is 1. The lowest BCUT2D eigenvalue weighted by atomic mass is 10.2. The first kappa shape index (κ1) is 17.1. The summed E-state index contributed by atoms with van der Waals surface area (Å²) in [6.07, 6.45) is 5.30. The van der Waals surface area contributed by atoms with Gasteiger partial charge in [0, 0.05) is 32.1 Å². The fourth-order valence-electron chi connectivity index (χ4n) is 2.49. The molecule has 23 heavy (non-hydrogen) atoms. The molecule has 6 nitrogen and oxygen atoms in total. The van der Waals surface area contributed by atoms with Crippen molar-refractivity contribution in [1.82, 2.24) is 14.3 Å². The summed E-state index contributed by atoms with van der Waals surface area (Å²) >= 11 is 0. The van der Waals surface area contributed by atoms with Crippen LogP contribution in [0.25, 0.3) is 5.65 Å². The summed E-state index contributed by atoms with van der Waals surface area (Å²) in [6, 6.07) is 3.64. The van der Waals surface area contributed by atoms with E-state index < -0.39 is 0 Å². The van der Waals surface area contributed by atoms with E-state index in [9.17, 15) is 9.59 Å². The number of aromatic nitrogens is 2. The lowest BCUT2D eigenvalue weighted by Gasteiger charge is -2.22. The molecular weight excluding hydrogens is 294 g/mol. The summed E-state index contributed by atoms with van der Waals surface area (Å²) in [5, 5.41) is 9.00. The smallest absolute Gasteiger partial charge is 0.270 e. The Morgan fingerprint density at radius 2 is 2.09 bits per heavy atom. The van der Waals surface area contributed by atoms with Crippen molar-refractivity contribution >= 4 is 11.6 Å². The van der Waals surface area contributed by atoms with E-state index >= 15 is 0 Å². The Bertz CT molecular complexity index is 731. The van der Waals surface area contributed by atoms with E-state index in [-0.39, 0.29) is 23.6 Å². The molecule has 2 rings (SSSR count). The Kier molecular flexibility index (Phi) is 5.87. The normalized spacial score (nSPS) is 10.9. The Morgan fingerprint density at radius 1 is 1.35 bits per heavy atom. The minimum absolute atomic E-state index is 0.0179. The van der Waals surface area contributed by atoms with Crippen LogP contribution in [0.15, 0.2) is 29.3 Å². The van der Waals surface area contributed by atoms with Gasteiger partial charge in [0.15, 0.2) is 0 Å². The number of rotatable bonds is 7. The molecule has 0 spiro atoms. The first-order valence-corrected chi connectivity index (χ1v) is 7.97. The summed E-state index contributed by atoms with van der Waals surface area (Å²) < 4.78 is 1.41. The van der Waals surface area contributed by atoms with Crippen LogP contribution >= 0.6 is 0 Å². The first-order chi connectivity index (χ1) is 11.1. The summed E-state index contributed by atoms with van der Waals surface area (Å²) in [5.74, 6) is -0.319. The molecule has 0 saturated carbocycles. The van der Waals surface area contributed by atoms with Gasteiger partial charge in [0.1, 0.15) is 11.2 Å². The second-order valence-corrected chi connectivity index (χ2v) is 5.58. The number of hydrogen-bond donors (Lipinski definition) is 1. The van der Waals surface area contributed by atoms with E-state index in [1.165, 1.54) is 10.6 Å². The highest BCUT2D eigenvalue weighted by Gasteiger charge is 2.20. The number of pyridine rings is 1. The fourth-order valence-corrected chi connectivity index (χ4v) is 2.49. The lowest BCUT2D eigenvalue weighted by molar-refractivity contribution is 0.0740. The van der Waals surface area contributed by atoms with Crippen LogP contribution in [0.3, 0.4) is 0 Å². The molecule has 1 amide bonds. The number of hydrogen-bond acceptors (Lipinski definition) is 4. The molecule has 124 valence electrons. The van der Waals surface area contributed by atoms with Crippen molar-refractivity contribution in [1.29, 1.82) is 0 Å². The van der Waals surface area contributed by atoms with E-state index in [1.54, 1.807) is 17.2 Å². The van der Waals surface area contributed by atoms with Crippen LogP contribution in [0.5, 0.6) is 0 Å². The van der Waals surface area contributed by atoms with E-state index in [4.69, 9.17) is 5.11 Å². The summed E-state index contributed by atoms with van der Waals surface area (Å²) in [4.78, 5) is 31.2. The first-order valence-electron chi connectivity index (χ1n) is 7.97. The average molecular weight is 317 g/mol. The zero-order valence-corrected chi connectivity index (χ0v) is 13.7. The number of carbonyl (C=O) groups excluding carboxylic acids is 1. The van der Waals surface area contributed by atoms with Gasteiger partial charge >= 0.3 is 0 Å². The van der Waals surface area contributed by atoms with E-state index in [1.807, 2.05) is 19.9 Å². The van der Waals surface area contributed by atoms with Gasteiger partial charge in [-0.3, -0.25) is 14.0 Å². The fraction of sp³-hybridized carbons (Fsp3) is 0.471. The van der Waals surface area contributed by atoms with Crippen molar-refractivity contribution in [2.45, 2.75) is 33.1 Å². The standard InChI is InChI=1S/C17H23N3O3/c1-3-4-8-19(9-6-11-21)16(22)14-12-18-15-13(2)7-5-10-20(15)17(14)23/h5,7,10,12,21H,3-4,6,8-9,11H2,1-2H3. The molecular formula is C17H23N3O3. The number of fused-ring (bicyclic) bond motifs is 1. The Morgan fingerprint density at radius 3 is 2.78 bits per heavy atom. The van der Waals surface area contributed by atoms with E-state index in [2.05, 4.69) is 4.98 Å². The third-order valence-corrected chi connectivity index (χ3v) is 3.81. The zero-order chi connectivity index (χ0) is 16.8. The number of carbonyl (C=O) groups is 1. The van der Waals surface area contributed by atoms with Gasteiger partial charge in [0.2, 0.25) is 0 Å². The molecule has 0 aliphatic heterocycles. The van der Waals surface area contributed by atoms with Crippen LogP contribution < -0.4 is 5.56 Å². The van der Waals surface area contributed by atoms with Gasteiger partial charge in [-0.1, -0.05) is 19.4 Å². The van der Waals surface area contributed by atoms with Gasteiger partial charge in [-0.25, -0.2) is 4.98 Å². The predicted octanol–water partition coefficient (Wildman–Crippen LogP) is 1.63. The molecule has 2 aromatic rings. The highest BCUT2D eigenvalue weighted by Crippen LogP contribution is 2.07. The molecule has 0 aliphatic rings. The minimum atomic E-state index is -0.353. The van der Waals surface area contributed by atoms with Crippen molar-refractivity contribution in [2.24, 2.45) is 0 Å². The van der Waals surface area contributed by atoms with Gasteiger partial charge in [0.25, 0.3) is 11.5 Å². The van der Waals surface area contributed by atoms with Gasteiger partial charge in [-0.15, -0.1) is 0 Å². The topological polar surface area (TPSA) is 74.9 Å². The van der Waals surface area contributed by atoms with E-state index in [0.717, 1.165) is 18.4 Å². The molecule has 0 saturated heterocycles. The summed E-state index contributed by atoms with van der Waals surface area (Å²) in [7, 11) is 0. The van der Waals surface area contributed by atoms with Crippen molar-refractivity contribution in [2.75, 3.05) is 19.7 Å². The molecule has 0 aliphatic carbocycles. The zero-order valence-electron chi connectivity index (χ0n) is 13.7. The Balaban J connectivity index is 2.38. The number of aliphatic hydroxyl groups is 1. The molecule has 2 aromatic heterocycles. The van der Waals surface area contributed by atoms with E-state index in [0.29, 0.717) is 25.2 Å². The second kappa shape index (κ2) is 7.87. The quantitative estimate of drug-likeness (QED) is 0.842. The van der Waals surface area contributed by atoms with Crippen LogP contribution in [0.4, 0.5) is 0 Å². The maximum atomic E-state index is 12.7. The maximum Gasteiger partial charge on any atom is 0.270 e.